The highest BCUT2D eigenvalue weighted by molar-refractivity contribution is 4.92. The summed E-state index contributed by atoms with van der Waals surface area (Å²) in [5.74, 6) is 0. The third-order valence-electron chi connectivity index (χ3n) is 4.84. The summed E-state index contributed by atoms with van der Waals surface area (Å²) in [5, 5.41) is 42.4. The van der Waals surface area contributed by atoms with Crippen molar-refractivity contribution in [2.24, 2.45) is 5.11 Å². The van der Waals surface area contributed by atoms with Gasteiger partial charge in [-0.1, -0.05) is 5.11 Å². The van der Waals surface area contributed by atoms with Crippen LogP contribution in [0.3, 0.4) is 0 Å². The average Bonchev–Trinajstić information content (AvgIpc) is 3.08. The van der Waals surface area contributed by atoms with Crippen LogP contribution in [0.2, 0.25) is 0 Å². The number of H-pyrrole nitrogens is 1. The quantitative estimate of drug-likeness (QED) is 0.186. The van der Waals surface area contributed by atoms with Crippen molar-refractivity contribution in [2.75, 3.05) is 13.2 Å². The minimum Gasteiger partial charge on any atom is -0.394 e. The lowest BCUT2D eigenvalue weighted by atomic mass is 9.99. The van der Waals surface area contributed by atoms with Crippen molar-refractivity contribution in [1.82, 2.24) is 9.55 Å². The number of hydrogen-bond donors (Lipinski definition) is 5. The van der Waals surface area contributed by atoms with Gasteiger partial charge in [0.15, 0.2) is 6.29 Å². The van der Waals surface area contributed by atoms with Crippen LogP contribution in [0.5, 0.6) is 0 Å². The Labute approximate surface area is 162 Å². The van der Waals surface area contributed by atoms with Crippen molar-refractivity contribution in [2.45, 2.75) is 55.5 Å². The molecule has 5 N–H and O–H groups in total. The predicted octanol–water partition coefficient (Wildman–Crippen LogP) is -2.68. The van der Waals surface area contributed by atoms with E-state index in [1.165, 1.54) is 6.20 Å². The van der Waals surface area contributed by atoms with Crippen LogP contribution in [0.4, 0.5) is 0 Å². The molecule has 14 nitrogen and oxygen atoms in total. The van der Waals surface area contributed by atoms with E-state index in [1.807, 2.05) is 0 Å². The molecule has 2 saturated heterocycles. The second-order valence-electron chi connectivity index (χ2n) is 6.69. The molecule has 8 atom stereocenters. The summed E-state index contributed by atoms with van der Waals surface area (Å²) < 4.78 is 17.5. The van der Waals surface area contributed by atoms with Crippen molar-refractivity contribution in [3.05, 3.63) is 43.5 Å². The van der Waals surface area contributed by atoms with Crippen molar-refractivity contribution in [3.8, 4) is 0 Å². The van der Waals surface area contributed by atoms with Crippen LogP contribution < -0.4 is 11.2 Å². The topological polar surface area (TPSA) is 212 Å². The second-order valence-corrected chi connectivity index (χ2v) is 6.69. The fraction of sp³-hybridized carbons (Fsp3) is 0.733. The molecule has 1 aromatic heterocycles. The van der Waals surface area contributed by atoms with Gasteiger partial charge in [-0.05, 0) is 5.53 Å². The SMILES string of the molecule is [N-]=[N+]=N[C@H]1C[C@H](n2ccc(=O)[nH]c2=O)O[C@@H]1CO[C@@H]1O[C@H](CO)[C@@H](O)[C@H](O)[C@H]1O. The summed E-state index contributed by atoms with van der Waals surface area (Å²) in [6, 6.07) is 0.416. The molecule has 160 valence electrons. The number of aromatic nitrogens is 2. The fourth-order valence-electron chi connectivity index (χ4n) is 3.27. The molecule has 0 aliphatic carbocycles. The standard InChI is InChI=1S/C15H21N5O9/c16-19-18-6-3-10(20-2-1-9(22)17-15(20)26)28-8(6)5-27-14-13(25)12(24)11(23)7(4-21)29-14/h1-2,6-8,10-14,21,23-25H,3-5H2,(H,17,22,26)/t6-,7+,8+,10+,11+,12-,13+,14+/m0/s1. The zero-order valence-corrected chi connectivity index (χ0v) is 15.0. The number of nitrogens with one attached hydrogen (secondary N) is 1. The highest BCUT2D eigenvalue weighted by atomic mass is 16.7. The molecule has 1 aromatic rings. The van der Waals surface area contributed by atoms with Gasteiger partial charge >= 0.3 is 5.69 Å². The summed E-state index contributed by atoms with van der Waals surface area (Å²) >= 11 is 0. The van der Waals surface area contributed by atoms with Crippen molar-refractivity contribution in [3.63, 3.8) is 0 Å². The first-order valence-corrected chi connectivity index (χ1v) is 8.79. The van der Waals surface area contributed by atoms with Gasteiger partial charge in [0.1, 0.15) is 30.6 Å². The molecule has 0 amide bonds. The molecule has 3 heterocycles. The van der Waals surface area contributed by atoms with Crippen LogP contribution in [0.15, 0.2) is 27.0 Å². The van der Waals surface area contributed by atoms with E-state index in [0.717, 1.165) is 10.6 Å². The molecule has 14 heteroatoms. The van der Waals surface area contributed by atoms with Crippen LogP contribution in [0, 0.1) is 0 Å². The van der Waals surface area contributed by atoms with E-state index in [-0.39, 0.29) is 13.0 Å². The van der Waals surface area contributed by atoms with E-state index in [0.29, 0.717) is 0 Å². The van der Waals surface area contributed by atoms with Crippen LogP contribution in [0.25, 0.3) is 10.4 Å². The van der Waals surface area contributed by atoms with Gasteiger partial charge < -0.3 is 34.6 Å². The van der Waals surface area contributed by atoms with E-state index in [9.17, 15) is 30.0 Å². The lowest BCUT2D eigenvalue weighted by Gasteiger charge is -2.39. The van der Waals surface area contributed by atoms with E-state index >= 15 is 0 Å². The van der Waals surface area contributed by atoms with Gasteiger partial charge in [-0.15, -0.1) is 0 Å². The first kappa shape index (κ1) is 21.4. The van der Waals surface area contributed by atoms with Gasteiger partial charge in [0.05, 0.1) is 25.4 Å². The number of ether oxygens (including phenoxy) is 3. The third-order valence-corrected chi connectivity index (χ3v) is 4.84. The molecule has 0 spiro atoms. The zero-order chi connectivity index (χ0) is 21.1. The first-order chi connectivity index (χ1) is 13.8. The smallest absolute Gasteiger partial charge is 0.330 e. The maximum Gasteiger partial charge on any atom is 0.330 e. The summed E-state index contributed by atoms with van der Waals surface area (Å²) in [6.45, 7) is -0.857. The molecule has 2 fully saturated rings. The van der Waals surface area contributed by atoms with Crippen LogP contribution >= 0.6 is 0 Å². The van der Waals surface area contributed by atoms with Gasteiger partial charge in [-0.3, -0.25) is 14.3 Å². The summed E-state index contributed by atoms with van der Waals surface area (Å²) in [4.78, 5) is 28.0. The maximum atomic E-state index is 11.9. The summed E-state index contributed by atoms with van der Waals surface area (Å²) in [5.41, 5.74) is 7.51. The molecule has 0 bridgehead atoms. The number of azide groups is 1. The molecule has 0 radical (unpaired) electrons. The summed E-state index contributed by atoms with van der Waals surface area (Å²) in [6.07, 6.45) is -7.52. The molecule has 2 aliphatic rings. The van der Waals surface area contributed by atoms with Crippen LogP contribution in [-0.2, 0) is 14.2 Å². The molecule has 0 saturated carbocycles. The number of aliphatic hydroxyl groups is 4. The van der Waals surface area contributed by atoms with Gasteiger partial charge in [0.2, 0.25) is 0 Å². The van der Waals surface area contributed by atoms with E-state index in [2.05, 4.69) is 15.0 Å². The van der Waals surface area contributed by atoms with Crippen LogP contribution in [0.1, 0.15) is 12.6 Å². The normalized spacial score (nSPS) is 37.2. The maximum absolute atomic E-state index is 11.9. The molecule has 29 heavy (non-hydrogen) atoms. The Morgan fingerprint density at radius 3 is 2.66 bits per heavy atom. The lowest BCUT2D eigenvalue weighted by Crippen LogP contribution is -2.59. The number of aliphatic hydroxyl groups excluding tert-OH is 4. The Hall–Kier alpha value is -2.29. The van der Waals surface area contributed by atoms with Crippen molar-refractivity contribution < 1.29 is 34.6 Å². The largest absolute Gasteiger partial charge is 0.394 e. The molecular formula is C15H21N5O9. The Balaban J connectivity index is 1.69. The highest BCUT2D eigenvalue weighted by Crippen LogP contribution is 2.31. The Morgan fingerprint density at radius 1 is 1.24 bits per heavy atom. The van der Waals surface area contributed by atoms with Crippen LogP contribution in [-0.4, -0.2) is 86.0 Å². The van der Waals surface area contributed by atoms with E-state index in [4.69, 9.17) is 19.7 Å². The minimum absolute atomic E-state index is 0.124. The number of nitrogens with zero attached hydrogens (tertiary/aromatic N) is 4. The Kier molecular flexibility index (Phi) is 6.66. The third kappa shape index (κ3) is 4.49. The predicted molar refractivity (Wildman–Crippen MR) is 92.5 cm³/mol. The molecule has 3 rings (SSSR count). The van der Waals surface area contributed by atoms with Gasteiger partial charge in [0, 0.05) is 23.6 Å². The molecule has 0 unspecified atom stereocenters. The monoisotopic (exact) mass is 415 g/mol. The molecular weight excluding hydrogens is 394 g/mol. The average molecular weight is 415 g/mol. The second kappa shape index (κ2) is 9.02. The number of hydrogen-bond acceptors (Lipinski definition) is 10. The van der Waals surface area contributed by atoms with Crippen molar-refractivity contribution in [1.29, 1.82) is 0 Å². The van der Waals surface area contributed by atoms with Gasteiger partial charge in [0.25, 0.3) is 5.56 Å². The minimum atomic E-state index is -1.60. The number of aromatic amines is 1. The molecule has 0 aromatic carbocycles. The van der Waals surface area contributed by atoms with Crippen molar-refractivity contribution >= 4 is 0 Å². The number of rotatable bonds is 6. The zero-order valence-electron chi connectivity index (χ0n) is 15.0. The fourth-order valence-corrected chi connectivity index (χ4v) is 3.27. The Morgan fingerprint density at radius 2 is 2.00 bits per heavy atom. The summed E-state index contributed by atoms with van der Waals surface area (Å²) in [7, 11) is 0. The highest BCUT2D eigenvalue weighted by Gasteiger charge is 2.45. The van der Waals surface area contributed by atoms with E-state index < -0.39 is 66.9 Å². The van der Waals surface area contributed by atoms with Gasteiger partial charge in [-0.25, -0.2) is 4.79 Å². The first-order valence-electron chi connectivity index (χ1n) is 8.79. The van der Waals surface area contributed by atoms with Gasteiger partial charge in [-0.2, -0.15) is 0 Å². The molecule has 2 aliphatic heterocycles. The van der Waals surface area contributed by atoms with E-state index in [1.54, 1.807) is 0 Å². The Bertz CT molecular complexity index is 866. The lowest BCUT2D eigenvalue weighted by molar-refractivity contribution is -0.305.